The van der Waals surface area contributed by atoms with E-state index in [2.05, 4.69) is 0 Å². The Balaban J connectivity index is 1.92. The molecule has 4 atom stereocenters. The van der Waals surface area contributed by atoms with E-state index in [4.69, 9.17) is 13.9 Å². The average molecular weight is 434 g/mol. The molecule has 11 nitrogen and oxygen atoms in total. The number of aromatic hydroxyl groups is 4. The number of hydrogen-bond donors (Lipinski definition) is 7. The highest BCUT2D eigenvalue weighted by atomic mass is 16.7. The molecule has 0 saturated carbocycles. The van der Waals surface area contributed by atoms with Crippen LogP contribution in [0.25, 0.3) is 22.3 Å². The van der Waals surface area contributed by atoms with Crippen LogP contribution in [0.1, 0.15) is 0 Å². The maximum absolute atomic E-state index is 13.1. The number of benzene rings is 2. The summed E-state index contributed by atoms with van der Waals surface area (Å²) in [7, 11) is 0. The van der Waals surface area contributed by atoms with Gasteiger partial charge in [-0.15, -0.1) is 0 Å². The Kier molecular flexibility index (Phi) is 5.11. The lowest BCUT2D eigenvalue weighted by Crippen LogP contribution is -2.55. The minimum atomic E-state index is -1.73. The van der Waals surface area contributed by atoms with Gasteiger partial charge in [-0.05, 0) is 18.2 Å². The molecular weight excluding hydrogens is 416 g/mol. The van der Waals surface area contributed by atoms with Crippen molar-refractivity contribution in [1.29, 1.82) is 0 Å². The Morgan fingerprint density at radius 2 is 1.65 bits per heavy atom. The van der Waals surface area contributed by atoms with E-state index in [0.717, 1.165) is 24.3 Å². The average Bonchev–Trinajstić information content (AvgIpc) is 2.71. The van der Waals surface area contributed by atoms with Crippen LogP contribution in [0.5, 0.6) is 28.7 Å². The van der Waals surface area contributed by atoms with Gasteiger partial charge in [0.25, 0.3) is 0 Å². The summed E-state index contributed by atoms with van der Waals surface area (Å²) in [5.41, 5.74) is -1.05. The third kappa shape index (κ3) is 3.59. The standard InChI is InChI=1S/C20H18O11/c21-8-4-11(24)14-13(5-8)30-18(7-1-2-9(22)10(23)3-7)19(16(14)27)31-20-17(28)15(26)12(25)6-29-20/h1-5,12,15,17,20-26,28H,6H2/t12-,15+,17-,20+/m0/s1. The predicted molar refractivity (Wildman–Crippen MR) is 103 cm³/mol. The van der Waals surface area contributed by atoms with Crippen molar-refractivity contribution in [3.8, 4) is 40.1 Å². The first-order valence-electron chi connectivity index (χ1n) is 9.05. The molecule has 2 heterocycles. The normalized spacial score (nSPS) is 23.7. The second-order valence-electron chi connectivity index (χ2n) is 7.00. The molecule has 0 spiro atoms. The van der Waals surface area contributed by atoms with E-state index in [1.165, 1.54) is 6.07 Å². The Morgan fingerprint density at radius 3 is 2.35 bits per heavy atom. The van der Waals surface area contributed by atoms with E-state index in [-0.39, 0.29) is 28.0 Å². The molecule has 1 fully saturated rings. The lowest BCUT2D eigenvalue weighted by atomic mass is 10.1. The third-order valence-corrected chi connectivity index (χ3v) is 4.84. The summed E-state index contributed by atoms with van der Waals surface area (Å²) in [6.45, 7) is -0.393. The monoisotopic (exact) mass is 434 g/mol. The molecule has 7 N–H and O–H groups in total. The number of aliphatic hydroxyl groups excluding tert-OH is 3. The van der Waals surface area contributed by atoms with Crippen LogP contribution in [-0.4, -0.2) is 67.0 Å². The van der Waals surface area contributed by atoms with Crippen LogP contribution >= 0.6 is 0 Å². The van der Waals surface area contributed by atoms with Gasteiger partial charge < -0.3 is 49.6 Å². The van der Waals surface area contributed by atoms with E-state index in [1.54, 1.807) is 0 Å². The number of phenolic OH excluding ortho intramolecular Hbond substituents is 4. The van der Waals surface area contributed by atoms with Crippen molar-refractivity contribution in [2.75, 3.05) is 6.61 Å². The number of aliphatic hydroxyl groups is 3. The fourth-order valence-electron chi connectivity index (χ4n) is 3.23. The van der Waals surface area contributed by atoms with Crippen molar-refractivity contribution in [2.24, 2.45) is 0 Å². The zero-order chi connectivity index (χ0) is 22.4. The van der Waals surface area contributed by atoms with Crippen molar-refractivity contribution in [3.05, 3.63) is 40.6 Å². The highest BCUT2D eigenvalue weighted by Gasteiger charge is 2.40. The quantitative estimate of drug-likeness (QED) is 0.277. The molecule has 2 aromatic carbocycles. The Labute approximate surface area is 173 Å². The summed E-state index contributed by atoms with van der Waals surface area (Å²) in [5, 5.41) is 68.6. The van der Waals surface area contributed by atoms with Crippen LogP contribution in [0.3, 0.4) is 0 Å². The van der Waals surface area contributed by atoms with Gasteiger partial charge in [-0.3, -0.25) is 4.79 Å². The van der Waals surface area contributed by atoms with Crippen LogP contribution in [0.15, 0.2) is 39.5 Å². The lowest BCUT2D eigenvalue weighted by molar-refractivity contribution is -0.242. The van der Waals surface area contributed by atoms with Gasteiger partial charge in [0.05, 0.1) is 6.61 Å². The Bertz CT molecular complexity index is 1200. The minimum Gasteiger partial charge on any atom is -0.508 e. The molecule has 164 valence electrons. The molecule has 0 radical (unpaired) electrons. The fraction of sp³-hybridized carbons (Fsp3) is 0.250. The maximum atomic E-state index is 13.1. The van der Waals surface area contributed by atoms with E-state index in [1.807, 2.05) is 0 Å². The van der Waals surface area contributed by atoms with E-state index in [0.29, 0.717) is 0 Å². The number of hydrogen-bond acceptors (Lipinski definition) is 11. The maximum Gasteiger partial charge on any atom is 0.239 e. The van der Waals surface area contributed by atoms with Gasteiger partial charge in [0.15, 0.2) is 17.3 Å². The molecule has 1 aliphatic heterocycles. The molecule has 3 aromatic rings. The van der Waals surface area contributed by atoms with Gasteiger partial charge in [-0.2, -0.15) is 0 Å². The zero-order valence-electron chi connectivity index (χ0n) is 15.7. The SMILES string of the molecule is O=c1c(O[C@H]2OC[C@H](O)[C@@H](O)[C@@H]2O)c(-c2ccc(O)c(O)c2)oc2cc(O)cc(O)c12. The van der Waals surface area contributed by atoms with Crippen LogP contribution in [0, 0.1) is 0 Å². The highest BCUT2D eigenvalue weighted by molar-refractivity contribution is 5.88. The van der Waals surface area contributed by atoms with Gasteiger partial charge >= 0.3 is 0 Å². The van der Waals surface area contributed by atoms with Crippen molar-refractivity contribution >= 4 is 11.0 Å². The second kappa shape index (κ2) is 7.63. The van der Waals surface area contributed by atoms with Crippen LogP contribution in [-0.2, 0) is 4.74 Å². The van der Waals surface area contributed by atoms with Crippen molar-refractivity contribution in [1.82, 2.24) is 0 Å². The summed E-state index contributed by atoms with van der Waals surface area (Å²) >= 11 is 0. The fourth-order valence-corrected chi connectivity index (χ4v) is 3.23. The molecule has 0 aliphatic carbocycles. The largest absolute Gasteiger partial charge is 0.508 e. The molecule has 1 aromatic heterocycles. The van der Waals surface area contributed by atoms with Gasteiger partial charge in [0, 0.05) is 17.7 Å². The molecule has 11 heteroatoms. The zero-order valence-corrected chi connectivity index (χ0v) is 15.7. The third-order valence-electron chi connectivity index (χ3n) is 4.84. The molecule has 1 aliphatic rings. The first-order valence-corrected chi connectivity index (χ1v) is 9.05. The second-order valence-corrected chi connectivity index (χ2v) is 7.00. The predicted octanol–water partition coefficient (Wildman–Crippen LogP) is 0.100. The molecule has 31 heavy (non-hydrogen) atoms. The van der Waals surface area contributed by atoms with Gasteiger partial charge in [0.1, 0.15) is 40.8 Å². The van der Waals surface area contributed by atoms with Crippen LogP contribution < -0.4 is 10.2 Å². The molecule has 4 rings (SSSR count). The van der Waals surface area contributed by atoms with Crippen molar-refractivity contribution in [2.45, 2.75) is 24.6 Å². The summed E-state index contributed by atoms with van der Waals surface area (Å²) < 4.78 is 16.3. The van der Waals surface area contributed by atoms with Crippen LogP contribution in [0.4, 0.5) is 0 Å². The summed E-state index contributed by atoms with van der Waals surface area (Å²) in [6, 6.07) is 5.50. The topological polar surface area (TPSA) is 190 Å². The Morgan fingerprint density at radius 1 is 0.903 bits per heavy atom. The molecule has 1 saturated heterocycles. The molecule has 0 bridgehead atoms. The molecule has 0 amide bonds. The van der Waals surface area contributed by atoms with Crippen molar-refractivity contribution < 1.29 is 49.6 Å². The molecular formula is C20H18O11. The first-order chi connectivity index (χ1) is 14.7. The number of phenols is 4. The smallest absolute Gasteiger partial charge is 0.239 e. The first kappa shape index (κ1) is 20.8. The summed E-state index contributed by atoms with van der Waals surface area (Å²) in [4.78, 5) is 13.1. The number of rotatable bonds is 3. The Hall–Kier alpha value is -3.51. The van der Waals surface area contributed by atoms with Crippen LogP contribution in [0.2, 0.25) is 0 Å². The highest BCUT2D eigenvalue weighted by Crippen LogP contribution is 2.39. The molecule has 0 unspecified atom stereocenters. The van der Waals surface area contributed by atoms with Gasteiger partial charge in [0.2, 0.25) is 17.5 Å². The lowest BCUT2D eigenvalue weighted by Gasteiger charge is -2.34. The number of fused-ring (bicyclic) bond motifs is 1. The van der Waals surface area contributed by atoms with Crippen molar-refractivity contribution in [3.63, 3.8) is 0 Å². The van der Waals surface area contributed by atoms with E-state index in [9.17, 15) is 40.5 Å². The minimum absolute atomic E-state index is 0.0676. The van der Waals surface area contributed by atoms with E-state index >= 15 is 0 Å². The van der Waals surface area contributed by atoms with E-state index < -0.39 is 59.6 Å². The summed E-state index contributed by atoms with van der Waals surface area (Å²) in [5.74, 6) is -2.79. The summed E-state index contributed by atoms with van der Waals surface area (Å²) in [6.07, 6.45) is -6.29. The number of ether oxygens (including phenoxy) is 2. The van der Waals surface area contributed by atoms with Gasteiger partial charge in [-0.25, -0.2) is 0 Å². The van der Waals surface area contributed by atoms with Gasteiger partial charge in [-0.1, -0.05) is 0 Å².